The predicted octanol–water partition coefficient (Wildman–Crippen LogP) is 3.38. The van der Waals surface area contributed by atoms with Crippen LogP contribution < -0.4 is 10.6 Å². The Balaban J connectivity index is 2.14. The lowest BCUT2D eigenvalue weighted by Gasteiger charge is -2.30. The molecule has 1 heterocycles. The number of benzene rings is 1. The van der Waals surface area contributed by atoms with E-state index < -0.39 is 5.60 Å². The predicted molar refractivity (Wildman–Crippen MR) is 76.4 cm³/mol. The maximum absolute atomic E-state index is 11.9. The molecular formula is C15H22N2O2. The van der Waals surface area contributed by atoms with E-state index in [9.17, 15) is 4.79 Å². The number of hydrogen-bond acceptors (Lipinski definition) is 3. The fourth-order valence-corrected chi connectivity index (χ4v) is 2.39. The molecule has 1 aliphatic heterocycles. The minimum absolute atomic E-state index is 0.0206. The Morgan fingerprint density at radius 1 is 1.42 bits per heavy atom. The third-order valence-corrected chi connectivity index (χ3v) is 3.11. The number of anilines is 1. The van der Waals surface area contributed by atoms with Crippen molar-refractivity contribution in [1.29, 1.82) is 0 Å². The normalized spacial score (nSPS) is 18.2. The molecular weight excluding hydrogens is 240 g/mol. The largest absolute Gasteiger partial charge is 0.444 e. The zero-order valence-electron chi connectivity index (χ0n) is 12.0. The summed E-state index contributed by atoms with van der Waals surface area (Å²) in [5.74, 6) is 0. The molecule has 0 aliphatic carbocycles. The first-order valence-electron chi connectivity index (χ1n) is 6.70. The number of carbonyl (C=O) groups excluding carboxylic acids is 1. The number of aryl methyl sites for hydroxylation is 1. The SMILES string of the molecule is Cc1cccc2c1[C@H](NC(=O)OC(C)(C)C)CCN2. The molecule has 1 aromatic rings. The summed E-state index contributed by atoms with van der Waals surface area (Å²) in [6.45, 7) is 8.53. The van der Waals surface area contributed by atoms with Crippen molar-refractivity contribution in [2.24, 2.45) is 0 Å². The fraction of sp³-hybridized carbons (Fsp3) is 0.533. The highest BCUT2D eigenvalue weighted by molar-refractivity contribution is 5.70. The maximum atomic E-state index is 11.9. The topological polar surface area (TPSA) is 50.4 Å². The molecule has 2 rings (SSSR count). The summed E-state index contributed by atoms with van der Waals surface area (Å²) in [6, 6.07) is 6.16. The van der Waals surface area contributed by atoms with Gasteiger partial charge in [0.25, 0.3) is 0 Å². The number of carbonyl (C=O) groups is 1. The van der Waals surface area contributed by atoms with Gasteiger partial charge in [0.2, 0.25) is 0 Å². The van der Waals surface area contributed by atoms with Gasteiger partial charge in [0.15, 0.2) is 0 Å². The number of nitrogens with one attached hydrogen (secondary N) is 2. The quantitative estimate of drug-likeness (QED) is 0.815. The van der Waals surface area contributed by atoms with Crippen molar-refractivity contribution >= 4 is 11.8 Å². The van der Waals surface area contributed by atoms with Gasteiger partial charge >= 0.3 is 6.09 Å². The van der Waals surface area contributed by atoms with Crippen molar-refractivity contribution in [2.45, 2.75) is 45.8 Å². The van der Waals surface area contributed by atoms with Crippen LogP contribution in [0.2, 0.25) is 0 Å². The number of rotatable bonds is 1. The number of hydrogen-bond donors (Lipinski definition) is 2. The van der Waals surface area contributed by atoms with E-state index in [2.05, 4.69) is 23.6 Å². The van der Waals surface area contributed by atoms with Gasteiger partial charge in [0.1, 0.15) is 5.60 Å². The number of ether oxygens (including phenoxy) is 1. The molecule has 0 aromatic heterocycles. The monoisotopic (exact) mass is 262 g/mol. The van der Waals surface area contributed by atoms with E-state index >= 15 is 0 Å². The van der Waals surface area contributed by atoms with E-state index in [0.29, 0.717) is 0 Å². The van der Waals surface area contributed by atoms with Crippen LogP contribution in [-0.4, -0.2) is 18.2 Å². The smallest absolute Gasteiger partial charge is 0.408 e. The molecule has 4 nitrogen and oxygen atoms in total. The molecule has 19 heavy (non-hydrogen) atoms. The van der Waals surface area contributed by atoms with Gasteiger partial charge in [-0.05, 0) is 45.7 Å². The van der Waals surface area contributed by atoms with Crippen molar-refractivity contribution < 1.29 is 9.53 Å². The molecule has 0 saturated heterocycles. The number of alkyl carbamates (subject to hydrolysis) is 1. The molecule has 1 aromatic carbocycles. The first-order chi connectivity index (χ1) is 8.87. The molecule has 1 amide bonds. The Hall–Kier alpha value is -1.71. The highest BCUT2D eigenvalue weighted by atomic mass is 16.6. The van der Waals surface area contributed by atoms with Gasteiger partial charge in [0.05, 0.1) is 6.04 Å². The van der Waals surface area contributed by atoms with Gasteiger partial charge < -0.3 is 15.4 Å². The molecule has 0 fully saturated rings. The van der Waals surface area contributed by atoms with E-state index in [1.807, 2.05) is 32.9 Å². The standard InChI is InChI=1S/C15H22N2O2/c1-10-6-5-7-11-13(10)12(8-9-16-11)17-14(18)19-15(2,3)4/h5-7,12,16H,8-9H2,1-4H3,(H,17,18)/t12-/m1/s1. The van der Waals surface area contributed by atoms with Gasteiger partial charge in [-0.2, -0.15) is 0 Å². The third kappa shape index (κ3) is 3.40. The molecule has 1 atom stereocenters. The highest BCUT2D eigenvalue weighted by Crippen LogP contribution is 2.32. The molecule has 2 N–H and O–H groups in total. The van der Waals surface area contributed by atoms with Crippen molar-refractivity contribution in [1.82, 2.24) is 5.32 Å². The fourth-order valence-electron chi connectivity index (χ4n) is 2.39. The Kier molecular flexibility index (Phi) is 3.69. The van der Waals surface area contributed by atoms with Crippen molar-refractivity contribution in [2.75, 3.05) is 11.9 Å². The second-order valence-electron chi connectivity index (χ2n) is 5.95. The van der Waals surface area contributed by atoms with Gasteiger partial charge in [-0.15, -0.1) is 0 Å². The van der Waals surface area contributed by atoms with Crippen molar-refractivity contribution in [3.05, 3.63) is 29.3 Å². The Bertz CT molecular complexity index is 478. The van der Waals surface area contributed by atoms with Gasteiger partial charge in [-0.25, -0.2) is 4.79 Å². The van der Waals surface area contributed by atoms with Crippen LogP contribution in [0.3, 0.4) is 0 Å². The lowest BCUT2D eigenvalue weighted by Crippen LogP contribution is -2.37. The Morgan fingerprint density at radius 2 is 2.16 bits per heavy atom. The second-order valence-corrected chi connectivity index (χ2v) is 5.95. The van der Waals surface area contributed by atoms with Gasteiger partial charge in [-0.3, -0.25) is 0 Å². The van der Waals surface area contributed by atoms with Crippen LogP contribution in [0, 0.1) is 6.92 Å². The van der Waals surface area contributed by atoms with Crippen molar-refractivity contribution in [3.8, 4) is 0 Å². The average molecular weight is 262 g/mol. The summed E-state index contributed by atoms with van der Waals surface area (Å²) in [5.41, 5.74) is 2.99. The van der Waals surface area contributed by atoms with Crippen LogP contribution in [0.25, 0.3) is 0 Å². The summed E-state index contributed by atoms with van der Waals surface area (Å²) in [4.78, 5) is 11.9. The summed E-state index contributed by atoms with van der Waals surface area (Å²) in [5, 5.41) is 6.33. The van der Waals surface area contributed by atoms with Crippen LogP contribution in [0.5, 0.6) is 0 Å². The summed E-state index contributed by atoms with van der Waals surface area (Å²) >= 11 is 0. The van der Waals surface area contributed by atoms with E-state index in [-0.39, 0.29) is 12.1 Å². The lowest BCUT2D eigenvalue weighted by atomic mass is 9.94. The average Bonchev–Trinajstić information content (AvgIpc) is 2.26. The summed E-state index contributed by atoms with van der Waals surface area (Å²) < 4.78 is 5.32. The van der Waals surface area contributed by atoms with Crippen LogP contribution in [0.4, 0.5) is 10.5 Å². The van der Waals surface area contributed by atoms with Gasteiger partial charge in [-0.1, -0.05) is 12.1 Å². The molecule has 0 radical (unpaired) electrons. The molecule has 4 heteroatoms. The van der Waals surface area contributed by atoms with E-state index in [0.717, 1.165) is 18.7 Å². The van der Waals surface area contributed by atoms with Crippen molar-refractivity contribution in [3.63, 3.8) is 0 Å². The molecule has 0 bridgehead atoms. The summed E-state index contributed by atoms with van der Waals surface area (Å²) in [7, 11) is 0. The molecule has 0 spiro atoms. The third-order valence-electron chi connectivity index (χ3n) is 3.11. The Labute approximate surface area is 114 Å². The first-order valence-corrected chi connectivity index (χ1v) is 6.70. The van der Waals surface area contributed by atoms with E-state index in [4.69, 9.17) is 4.74 Å². The molecule has 1 aliphatic rings. The molecule has 0 unspecified atom stereocenters. The highest BCUT2D eigenvalue weighted by Gasteiger charge is 2.25. The minimum atomic E-state index is -0.467. The molecule has 104 valence electrons. The van der Waals surface area contributed by atoms with Crippen LogP contribution in [0.15, 0.2) is 18.2 Å². The Morgan fingerprint density at radius 3 is 2.84 bits per heavy atom. The summed E-state index contributed by atoms with van der Waals surface area (Å²) in [6.07, 6.45) is 0.519. The zero-order chi connectivity index (χ0) is 14.0. The van der Waals surface area contributed by atoms with Crippen LogP contribution >= 0.6 is 0 Å². The maximum Gasteiger partial charge on any atom is 0.408 e. The minimum Gasteiger partial charge on any atom is -0.444 e. The number of fused-ring (bicyclic) bond motifs is 1. The van der Waals surface area contributed by atoms with Crippen LogP contribution in [-0.2, 0) is 4.74 Å². The number of amides is 1. The lowest BCUT2D eigenvalue weighted by molar-refractivity contribution is 0.0501. The molecule has 0 saturated carbocycles. The van der Waals surface area contributed by atoms with Gasteiger partial charge in [0, 0.05) is 17.8 Å². The second kappa shape index (κ2) is 5.11. The van der Waals surface area contributed by atoms with Crippen LogP contribution in [0.1, 0.15) is 44.4 Å². The van der Waals surface area contributed by atoms with E-state index in [1.54, 1.807) is 0 Å². The first kappa shape index (κ1) is 13.7. The zero-order valence-corrected chi connectivity index (χ0v) is 12.0. The van der Waals surface area contributed by atoms with E-state index in [1.165, 1.54) is 11.1 Å².